The Morgan fingerprint density at radius 2 is 2.08 bits per heavy atom. The number of ether oxygens (including phenoxy) is 1. The summed E-state index contributed by atoms with van der Waals surface area (Å²) in [6, 6.07) is 12.0. The monoisotopic (exact) mass is 341 g/mol. The number of carboxylic acid groups (broad SMARTS) is 1. The number of rotatable bonds is 7. The summed E-state index contributed by atoms with van der Waals surface area (Å²) < 4.78 is 5.95. The molecule has 0 spiro atoms. The Kier molecular flexibility index (Phi) is 5.22. The van der Waals surface area contributed by atoms with Gasteiger partial charge in [-0.3, -0.25) is 9.59 Å². The van der Waals surface area contributed by atoms with Crippen LogP contribution >= 0.6 is 0 Å². The molecule has 0 bridgehead atoms. The highest BCUT2D eigenvalue weighted by molar-refractivity contribution is 5.89. The first kappa shape index (κ1) is 17.3. The molecule has 5 nitrogen and oxygen atoms in total. The van der Waals surface area contributed by atoms with Gasteiger partial charge in [0.25, 0.3) is 0 Å². The van der Waals surface area contributed by atoms with Crippen molar-refractivity contribution in [3.8, 4) is 5.75 Å². The highest BCUT2D eigenvalue weighted by Crippen LogP contribution is 2.31. The minimum absolute atomic E-state index is 0.0755. The second-order valence-electron chi connectivity index (χ2n) is 6.48. The zero-order valence-corrected chi connectivity index (χ0v) is 14.4. The number of unbranched alkanes of at least 4 members (excludes halogenated alkanes) is 1. The molecule has 1 amide bonds. The van der Waals surface area contributed by atoms with Crippen molar-refractivity contribution >= 4 is 22.6 Å². The molecule has 2 aromatic carbocycles. The second-order valence-corrected chi connectivity index (χ2v) is 6.48. The standard InChI is InChI=1S/C20H23NO4/c1-2-3-10-25-18-9-8-14-6-4-5-7-16(14)17(18)13-21-12-15(20(23)24)11-19(21)22/h4-9,15H,2-3,10-13H2,1H3,(H,23,24). The van der Waals surface area contributed by atoms with Gasteiger partial charge in [0.2, 0.25) is 5.91 Å². The van der Waals surface area contributed by atoms with E-state index >= 15 is 0 Å². The lowest BCUT2D eigenvalue weighted by molar-refractivity contribution is -0.141. The van der Waals surface area contributed by atoms with Crippen LogP contribution in [0.5, 0.6) is 5.75 Å². The smallest absolute Gasteiger partial charge is 0.308 e. The normalized spacial score (nSPS) is 17.2. The molecule has 25 heavy (non-hydrogen) atoms. The molecule has 1 fully saturated rings. The second kappa shape index (κ2) is 7.55. The molecule has 5 heteroatoms. The quantitative estimate of drug-likeness (QED) is 0.783. The minimum Gasteiger partial charge on any atom is -0.493 e. The number of aliphatic carboxylic acids is 1. The third-order valence-corrected chi connectivity index (χ3v) is 4.67. The fourth-order valence-electron chi connectivity index (χ4n) is 3.22. The highest BCUT2D eigenvalue weighted by Gasteiger charge is 2.34. The predicted octanol–water partition coefficient (Wildman–Crippen LogP) is 3.45. The summed E-state index contributed by atoms with van der Waals surface area (Å²) in [6.45, 7) is 3.38. The van der Waals surface area contributed by atoms with Crippen LogP contribution in [0.15, 0.2) is 36.4 Å². The molecule has 1 aliphatic rings. The molecule has 1 unspecified atom stereocenters. The van der Waals surface area contributed by atoms with Crippen molar-refractivity contribution in [2.75, 3.05) is 13.2 Å². The van der Waals surface area contributed by atoms with Crippen LogP contribution in [0.25, 0.3) is 10.8 Å². The van der Waals surface area contributed by atoms with E-state index in [2.05, 4.69) is 6.92 Å². The first-order chi connectivity index (χ1) is 12.1. The van der Waals surface area contributed by atoms with E-state index in [1.165, 1.54) is 0 Å². The van der Waals surface area contributed by atoms with Crippen molar-refractivity contribution < 1.29 is 19.4 Å². The Balaban J connectivity index is 1.91. The van der Waals surface area contributed by atoms with E-state index in [9.17, 15) is 14.7 Å². The number of carbonyl (C=O) groups excluding carboxylic acids is 1. The Morgan fingerprint density at radius 1 is 1.28 bits per heavy atom. The zero-order valence-electron chi connectivity index (χ0n) is 14.4. The largest absolute Gasteiger partial charge is 0.493 e. The molecule has 3 rings (SSSR count). The average molecular weight is 341 g/mol. The van der Waals surface area contributed by atoms with E-state index in [0.29, 0.717) is 13.2 Å². The third kappa shape index (κ3) is 3.76. The first-order valence-electron chi connectivity index (χ1n) is 8.74. The van der Waals surface area contributed by atoms with E-state index in [0.717, 1.165) is 34.9 Å². The van der Waals surface area contributed by atoms with E-state index in [4.69, 9.17) is 4.74 Å². The van der Waals surface area contributed by atoms with Crippen molar-refractivity contribution in [1.29, 1.82) is 0 Å². The number of benzene rings is 2. The van der Waals surface area contributed by atoms with Crippen LogP contribution in [0.1, 0.15) is 31.7 Å². The lowest BCUT2D eigenvalue weighted by Crippen LogP contribution is -2.26. The maximum atomic E-state index is 12.2. The van der Waals surface area contributed by atoms with Gasteiger partial charge in [-0.1, -0.05) is 43.7 Å². The van der Waals surface area contributed by atoms with Gasteiger partial charge in [0.15, 0.2) is 0 Å². The van der Waals surface area contributed by atoms with Gasteiger partial charge in [-0.15, -0.1) is 0 Å². The van der Waals surface area contributed by atoms with E-state index in [-0.39, 0.29) is 18.9 Å². The molecule has 0 radical (unpaired) electrons. The summed E-state index contributed by atoms with van der Waals surface area (Å²) in [5.74, 6) is -0.862. The van der Waals surface area contributed by atoms with Crippen LogP contribution in [0.4, 0.5) is 0 Å². The topological polar surface area (TPSA) is 66.8 Å². The maximum Gasteiger partial charge on any atom is 0.308 e. The number of hydrogen-bond donors (Lipinski definition) is 1. The fraction of sp³-hybridized carbons (Fsp3) is 0.400. The van der Waals surface area contributed by atoms with Gasteiger partial charge in [-0.2, -0.15) is 0 Å². The van der Waals surface area contributed by atoms with Gasteiger partial charge in [0.05, 0.1) is 12.5 Å². The third-order valence-electron chi connectivity index (χ3n) is 4.67. The fourth-order valence-corrected chi connectivity index (χ4v) is 3.22. The van der Waals surface area contributed by atoms with Crippen molar-refractivity contribution in [3.63, 3.8) is 0 Å². The van der Waals surface area contributed by atoms with E-state index < -0.39 is 11.9 Å². The summed E-state index contributed by atoms with van der Waals surface area (Å²) in [7, 11) is 0. The summed E-state index contributed by atoms with van der Waals surface area (Å²) in [6.07, 6.45) is 2.09. The molecule has 1 heterocycles. The summed E-state index contributed by atoms with van der Waals surface area (Å²) in [5.41, 5.74) is 0.952. The van der Waals surface area contributed by atoms with Gasteiger partial charge >= 0.3 is 5.97 Å². The van der Waals surface area contributed by atoms with Crippen molar-refractivity contribution in [1.82, 2.24) is 4.90 Å². The van der Waals surface area contributed by atoms with Crippen LogP contribution in [-0.4, -0.2) is 35.0 Å². The Labute approximate surface area is 147 Å². The predicted molar refractivity (Wildman–Crippen MR) is 95.5 cm³/mol. The summed E-state index contributed by atoms with van der Waals surface area (Å²) in [5, 5.41) is 11.3. The molecule has 0 aromatic heterocycles. The molecule has 0 saturated carbocycles. The average Bonchev–Trinajstić information content (AvgIpc) is 2.98. The van der Waals surface area contributed by atoms with Gasteiger partial charge < -0.3 is 14.7 Å². The van der Waals surface area contributed by atoms with Crippen LogP contribution in [-0.2, 0) is 16.1 Å². The van der Waals surface area contributed by atoms with Crippen molar-refractivity contribution in [2.24, 2.45) is 5.92 Å². The molecule has 1 aliphatic heterocycles. The number of likely N-dealkylation sites (tertiary alicyclic amines) is 1. The minimum atomic E-state index is -0.909. The molecule has 0 aliphatic carbocycles. The lowest BCUT2D eigenvalue weighted by Gasteiger charge is -2.20. The number of carbonyl (C=O) groups is 2. The first-order valence-corrected chi connectivity index (χ1v) is 8.74. The van der Waals surface area contributed by atoms with Crippen molar-refractivity contribution in [3.05, 3.63) is 42.0 Å². The summed E-state index contributed by atoms with van der Waals surface area (Å²) >= 11 is 0. The zero-order chi connectivity index (χ0) is 17.8. The maximum absolute atomic E-state index is 12.2. The van der Waals surface area contributed by atoms with Crippen LogP contribution in [0.3, 0.4) is 0 Å². The van der Waals surface area contributed by atoms with Gasteiger partial charge in [-0.25, -0.2) is 0 Å². The Hall–Kier alpha value is -2.56. The Bertz CT molecular complexity index is 786. The Morgan fingerprint density at radius 3 is 2.80 bits per heavy atom. The summed E-state index contributed by atoms with van der Waals surface area (Å²) in [4.78, 5) is 25.1. The molecular weight excluding hydrogens is 318 g/mol. The van der Waals surface area contributed by atoms with Gasteiger partial charge in [0, 0.05) is 25.1 Å². The van der Waals surface area contributed by atoms with Crippen molar-refractivity contribution in [2.45, 2.75) is 32.7 Å². The van der Waals surface area contributed by atoms with Crippen LogP contribution in [0.2, 0.25) is 0 Å². The van der Waals surface area contributed by atoms with E-state index in [1.54, 1.807) is 4.90 Å². The van der Waals surface area contributed by atoms with Gasteiger partial charge in [-0.05, 0) is 23.3 Å². The molecule has 1 atom stereocenters. The lowest BCUT2D eigenvalue weighted by atomic mass is 10.0. The van der Waals surface area contributed by atoms with Crippen LogP contribution in [0, 0.1) is 5.92 Å². The molecule has 1 N–H and O–H groups in total. The van der Waals surface area contributed by atoms with E-state index in [1.807, 2.05) is 36.4 Å². The molecule has 1 saturated heterocycles. The SMILES string of the molecule is CCCCOc1ccc2ccccc2c1CN1CC(C(=O)O)CC1=O. The number of carboxylic acids is 1. The number of amides is 1. The van der Waals surface area contributed by atoms with Gasteiger partial charge in [0.1, 0.15) is 5.75 Å². The molecule has 2 aromatic rings. The molecular formula is C20H23NO4. The molecule has 132 valence electrons. The van der Waals surface area contributed by atoms with Crippen LogP contribution < -0.4 is 4.74 Å². The number of fused-ring (bicyclic) bond motifs is 1. The highest BCUT2D eigenvalue weighted by atomic mass is 16.5. The number of nitrogens with zero attached hydrogens (tertiary/aromatic N) is 1. The number of hydrogen-bond acceptors (Lipinski definition) is 3.